The molecule has 1 aromatic heterocycles. The topological polar surface area (TPSA) is 43.8 Å². The number of benzene rings is 1. The molecule has 0 saturated heterocycles. The van der Waals surface area contributed by atoms with Gasteiger partial charge in [-0.3, -0.25) is 4.68 Å². The molecule has 0 radical (unpaired) electrons. The maximum atomic E-state index is 13.5. The predicted molar refractivity (Wildman–Crippen MR) is 56.5 cm³/mol. The molecule has 16 heavy (non-hydrogen) atoms. The van der Waals surface area contributed by atoms with Crippen LogP contribution in [0.25, 0.3) is 11.1 Å². The molecule has 1 heterocycles. The summed E-state index contributed by atoms with van der Waals surface area (Å²) in [6.45, 7) is 0.215. The Morgan fingerprint density at radius 1 is 1.31 bits per heavy atom. The van der Waals surface area contributed by atoms with Gasteiger partial charge in [-0.15, -0.1) is 0 Å². The van der Waals surface area contributed by atoms with Crippen molar-refractivity contribution in [1.29, 1.82) is 0 Å². The highest BCUT2D eigenvalue weighted by Crippen LogP contribution is 2.25. The molecule has 0 amide bonds. The van der Waals surface area contributed by atoms with Gasteiger partial charge < -0.3 is 5.73 Å². The van der Waals surface area contributed by atoms with Crippen LogP contribution in [-0.2, 0) is 13.6 Å². The van der Waals surface area contributed by atoms with Gasteiger partial charge in [0.2, 0.25) is 0 Å². The average Bonchev–Trinajstić information content (AvgIpc) is 2.59. The zero-order valence-corrected chi connectivity index (χ0v) is 8.74. The van der Waals surface area contributed by atoms with Crippen LogP contribution in [0.4, 0.5) is 8.78 Å². The summed E-state index contributed by atoms with van der Waals surface area (Å²) in [5, 5.41) is 4.10. The first kappa shape index (κ1) is 10.8. The van der Waals surface area contributed by atoms with Crippen LogP contribution in [0.5, 0.6) is 0 Å². The molecule has 2 N–H and O–H groups in total. The maximum absolute atomic E-state index is 13.5. The summed E-state index contributed by atoms with van der Waals surface area (Å²) in [6.07, 6.45) is 1.67. The predicted octanol–water partition coefficient (Wildman–Crippen LogP) is 1.82. The van der Waals surface area contributed by atoms with Crippen LogP contribution in [0.3, 0.4) is 0 Å². The molecular formula is C11H11F2N3. The number of nitrogens with two attached hydrogens (primary N) is 1. The number of hydrogen-bond donors (Lipinski definition) is 1. The fourth-order valence-corrected chi connectivity index (χ4v) is 1.62. The molecule has 84 valence electrons. The van der Waals surface area contributed by atoms with Crippen LogP contribution in [0.1, 0.15) is 5.69 Å². The van der Waals surface area contributed by atoms with Crippen molar-refractivity contribution < 1.29 is 8.78 Å². The molecule has 0 aliphatic heterocycles. The lowest BCUT2D eigenvalue weighted by Crippen LogP contribution is -2.00. The summed E-state index contributed by atoms with van der Waals surface area (Å²) in [5.74, 6) is -1.21. The SMILES string of the molecule is Cn1cc(-c2ccc(F)cc2F)c(CN)n1. The highest BCUT2D eigenvalue weighted by Gasteiger charge is 2.13. The van der Waals surface area contributed by atoms with Crippen LogP contribution in [0.15, 0.2) is 24.4 Å². The molecule has 1 aromatic carbocycles. The largest absolute Gasteiger partial charge is 0.325 e. The van der Waals surface area contributed by atoms with Crippen molar-refractivity contribution in [3.05, 3.63) is 41.7 Å². The van der Waals surface area contributed by atoms with E-state index in [4.69, 9.17) is 5.73 Å². The minimum absolute atomic E-state index is 0.215. The Kier molecular flexibility index (Phi) is 2.70. The molecule has 0 atom stereocenters. The Hall–Kier alpha value is -1.75. The van der Waals surface area contributed by atoms with E-state index >= 15 is 0 Å². The molecule has 0 spiro atoms. The first-order chi connectivity index (χ1) is 7.61. The van der Waals surface area contributed by atoms with E-state index in [-0.39, 0.29) is 6.54 Å². The van der Waals surface area contributed by atoms with E-state index < -0.39 is 11.6 Å². The Bertz CT molecular complexity index is 520. The van der Waals surface area contributed by atoms with Crippen molar-refractivity contribution in [3.63, 3.8) is 0 Å². The quantitative estimate of drug-likeness (QED) is 0.844. The summed E-state index contributed by atoms with van der Waals surface area (Å²) < 4.78 is 27.9. The van der Waals surface area contributed by atoms with Gasteiger partial charge in [-0.05, 0) is 12.1 Å². The summed E-state index contributed by atoms with van der Waals surface area (Å²) in [6, 6.07) is 3.45. The second-order valence-corrected chi connectivity index (χ2v) is 3.49. The monoisotopic (exact) mass is 223 g/mol. The van der Waals surface area contributed by atoms with Gasteiger partial charge in [-0.25, -0.2) is 8.78 Å². The molecule has 5 heteroatoms. The maximum Gasteiger partial charge on any atom is 0.134 e. The molecular weight excluding hydrogens is 212 g/mol. The van der Waals surface area contributed by atoms with Crippen molar-refractivity contribution in [2.24, 2.45) is 12.8 Å². The van der Waals surface area contributed by atoms with E-state index in [1.165, 1.54) is 12.1 Å². The van der Waals surface area contributed by atoms with Gasteiger partial charge >= 0.3 is 0 Å². The van der Waals surface area contributed by atoms with E-state index in [2.05, 4.69) is 5.10 Å². The van der Waals surface area contributed by atoms with Gasteiger partial charge in [0.05, 0.1) is 5.69 Å². The van der Waals surface area contributed by atoms with E-state index in [1.54, 1.807) is 17.9 Å². The Morgan fingerprint density at radius 2 is 2.06 bits per heavy atom. The van der Waals surface area contributed by atoms with Gasteiger partial charge in [-0.1, -0.05) is 0 Å². The summed E-state index contributed by atoms with van der Waals surface area (Å²) >= 11 is 0. The number of halogens is 2. The van der Waals surface area contributed by atoms with Crippen molar-refractivity contribution >= 4 is 0 Å². The lowest BCUT2D eigenvalue weighted by Gasteiger charge is -2.02. The molecule has 0 aliphatic rings. The van der Waals surface area contributed by atoms with Gasteiger partial charge in [0.1, 0.15) is 11.6 Å². The Labute approximate surface area is 91.5 Å². The molecule has 0 bridgehead atoms. The molecule has 0 aliphatic carbocycles. The Balaban J connectivity index is 2.57. The first-order valence-electron chi connectivity index (χ1n) is 4.80. The van der Waals surface area contributed by atoms with Crippen LogP contribution < -0.4 is 5.73 Å². The standard InChI is InChI=1S/C11H11F2N3/c1-16-6-9(11(5-14)15-16)8-3-2-7(12)4-10(8)13/h2-4,6H,5,14H2,1H3. The van der Waals surface area contributed by atoms with Crippen molar-refractivity contribution in [1.82, 2.24) is 9.78 Å². The van der Waals surface area contributed by atoms with Crippen LogP contribution in [0.2, 0.25) is 0 Å². The third kappa shape index (κ3) is 1.81. The molecule has 0 fully saturated rings. The highest BCUT2D eigenvalue weighted by molar-refractivity contribution is 5.65. The zero-order chi connectivity index (χ0) is 11.7. The lowest BCUT2D eigenvalue weighted by atomic mass is 10.1. The van der Waals surface area contributed by atoms with E-state index in [0.29, 0.717) is 16.8 Å². The number of hydrogen-bond acceptors (Lipinski definition) is 2. The smallest absolute Gasteiger partial charge is 0.134 e. The first-order valence-corrected chi connectivity index (χ1v) is 4.80. The lowest BCUT2D eigenvalue weighted by molar-refractivity contribution is 0.585. The fourth-order valence-electron chi connectivity index (χ4n) is 1.62. The molecule has 3 nitrogen and oxygen atoms in total. The minimum Gasteiger partial charge on any atom is -0.325 e. The summed E-state index contributed by atoms with van der Waals surface area (Å²) in [5.41, 5.74) is 7.01. The summed E-state index contributed by atoms with van der Waals surface area (Å²) in [7, 11) is 1.73. The van der Waals surface area contributed by atoms with Crippen LogP contribution in [0, 0.1) is 11.6 Å². The number of rotatable bonds is 2. The molecule has 2 rings (SSSR count). The van der Waals surface area contributed by atoms with Gasteiger partial charge in [0, 0.05) is 37.0 Å². The molecule has 2 aromatic rings. The number of nitrogens with zero attached hydrogens (tertiary/aromatic N) is 2. The highest BCUT2D eigenvalue weighted by atomic mass is 19.1. The van der Waals surface area contributed by atoms with Crippen LogP contribution >= 0.6 is 0 Å². The van der Waals surface area contributed by atoms with Crippen molar-refractivity contribution in [3.8, 4) is 11.1 Å². The summed E-state index contributed by atoms with van der Waals surface area (Å²) in [4.78, 5) is 0. The van der Waals surface area contributed by atoms with E-state index in [9.17, 15) is 8.78 Å². The Morgan fingerprint density at radius 3 is 2.69 bits per heavy atom. The zero-order valence-electron chi connectivity index (χ0n) is 8.74. The fraction of sp³-hybridized carbons (Fsp3) is 0.182. The molecule has 0 saturated carbocycles. The van der Waals surface area contributed by atoms with Gasteiger partial charge in [0.15, 0.2) is 0 Å². The second kappa shape index (κ2) is 4.02. The van der Waals surface area contributed by atoms with E-state index in [0.717, 1.165) is 6.07 Å². The normalized spacial score (nSPS) is 10.8. The second-order valence-electron chi connectivity index (χ2n) is 3.49. The van der Waals surface area contributed by atoms with Gasteiger partial charge in [0.25, 0.3) is 0 Å². The number of aromatic nitrogens is 2. The third-order valence-corrected chi connectivity index (χ3v) is 2.32. The minimum atomic E-state index is -0.609. The van der Waals surface area contributed by atoms with Gasteiger partial charge in [-0.2, -0.15) is 5.10 Å². The third-order valence-electron chi connectivity index (χ3n) is 2.32. The van der Waals surface area contributed by atoms with E-state index in [1.807, 2.05) is 0 Å². The van der Waals surface area contributed by atoms with Crippen molar-refractivity contribution in [2.45, 2.75) is 6.54 Å². The number of aryl methyl sites for hydroxylation is 1. The average molecular weight is 223 g/mol. The molecule has 0 unspecified atom stereocenters. The van der Waals surface area contributed by atoms with Crippen LogP contribution in [-0.4, -0.2) is 9.78 Å². The van der Waals surface area contributed by atoms with Crippen molar-refractivity contribution in [2.75, 3.05) is 0 Å².